The second-order valence-electron chi connectivity index (χ2n) is 6.43. The SMILES string of the molecule is CCCCOCn1c2c([N+](=O)[O-])cccc2n2c(=O)c3ccc(Cl)cc3nc12. The van der Waals surface area contributed by atoms with Crippen LogP contribution in [-0.4, -0.2) is 25.5 Å². The molecule has 28 heavy (non-hydrogen) atoms. The van der Waals surface area contributed by atoms with Crippen LogP contribution in [0.4, 0.5) is 5.69 Å². The molecule has 0 saturated carbocycles. The van der Waals surface area contributed by atoms with E-state index in [-0.39, 0.29) is 23.8 Å². The number of non-ortho nitro benzene ring substituents is 1. The van der Waals surface area contributed by atoms with E-state index in [2.05, 4.69) is 4.98 Å². The van der Waals surface area contributed by atoms with Crippen molar-refractivity contribution in [1.29, 1.82) is 0 Å². The number of imidazole rings is 1. The lowest BCUT2D eigenvalue weighted by atomic mass is 10.2. The highest BCUT2D eigenvalue weighted by atomic mass is 35.5. The lowest BCUT2D eigenvalue weighted by Gasteiger charge is -2.07. The van der Waals surface area contributed by atoms with Gasteiger partial charge in [0.25, 0.3) is 11.2 Å². The monoisotopic (exact) mass is 400 g/mol. The van der Waals surface area contributed by atoms with Crippen molar-refractivity contribution in [3.63, 3.8) is 0 Å². The molecule has 9 heteroatoms. The number of halogens is 1. The first-order valence-electron chi connectivity index (χ1n) is 8.88. The number of hydrogen-bond donors (Lipinski definition) is 0. The maximum absolute atomic E-state index is 13.1. The fourth-order valence-corrected chi connectivity index (χ4v) is 3.46. The molecule has 0 aliphatic rings. The van der Waals surface area contributed by atoms with E-state index in [1.54, 1.807) is 34.9 Å². The Kier molecular flexibility index (Phi) is 4.74. The molecule has 0 atom stereocenters. The van der Waals surface area contributed by atoms with Gasteiger partial charge in [0.05, 0.1) is 21.3 Å². The largest absolute Gasteiger partial charge is 0.361 e. The van der Waals surface area contributed by atoms with Gasteiger partial charge in [0, 0.05) is 17.7 Å². The molecule has 8 nitrogen and oxygen atoms in total. The number of fused-ring (bicyclic) bond motifs is 4. The molecule has 0 spiro atoms. The average molecular weight is 401 g/mol. The molecule has 4 aromatic rings. The number of aromatic nitrogens is 3. The highest BCUT2D eigenvalue weighted by molar-refractivity contribution is 6.31. The number of rotatable bonds is 6. The standard InChI is InChI=1S/C19H17ClN4O4/c1-2-3-9-28-11-22-17-15(5-4-6-16(17)24(26)27)23-18(25)13-8-7-12(20)10-14(13)21-19(22)23/h4-8,10H,2-3,9,11H2,1H3. The van der Waals surface area contributed by atoms with Gasteiger partial charge in [0.2, 0.25) is 5.78 Å². The Bertz CT molecular complexity index is 1280. The first kappa shape index (κ1) is 18.4. The molecule has 0 unspecified atom stereocenters. The van der Waals surface area contributed by atoms with Gasteiger partial charge in [0.1, 0.15) is 12.2 Å². The number of ether oxygens (including phenoxy) is 1. The van der Waals surface area contributed by atoms with Crippen LogP contribution in [0, 0.1) is 10.1 Å². The molecule has 0 bridgehead atoms. The fraction of sp³-hybridized carbons (Fsp3) is 0.263. The van der Waals surface area contributed by atoms with Crippen LogP contribution in [-0.2, 0) is 11.5 Å². The van der Waals surface area contributed by atoms with Crippen molar-refractivity contribution in [2.75, 3.05) is 6.61 Å². The van der Waals surface area contributed by atoms with Crippen molar-refractivity contribution >= 4 is 45.0 Å². The van der Waals surface area contributed by atoms with Crippen LogP contribution in [0.3, 0.4) is 0 Å². The Morgan fingerprint density at radius 2 is 2.11 bits per heavy atom. The van der Waals surface area contributed by atoms with Gasteiger partial charge in [-0.15, -0.1) is 0 Å². The number of hydrogen-bond acceptors (Lipinski definition) is 5. The minimum absolute atomic E-state index is 0.0520. The van der Waals surface area contributed by atoms with E-state index in [9.17, 15) is 14.9 Å². The van der Waals surface area contributed by atoms with E-state index in [4.69, 9.17) is 16.3 Å². The highest BCUT2D eigenvalue weighted by Gasteiger charge is 2.23. The summed E-state index contributed by atoms with van der Waals surface area (Å²) < 4.78 is 8.67. The molecule has 2 heterocycles. The number of nitrogens with zero attached hydrogens (tertiary/aromatic N) is 4. The summed E-state index contributed by atoms with van der Waals surface area (Å²) in [6, 6.07) is 9.47. The first-order chi connectivity index (χ1) is 13.5. The molecule has 0 radical (unpaired) electrons. The average Bonchev–Trinajstić information content (AvgIpc) is 2.98. The smallest absolute Gasteiger partial charge is 0.295 e. The van der Waals surface area contributed by atoms with E-state index in [1.165, 1.54) is 10.5 Å². The van der Waals surface area contributed by atoms with E-state index in [1.807, 2.05) is 6.92 Å². The van der Waals surface area contributed by atoms with Crippen molar-refractivity contribution in [3.05, 3.63) is 61.9 Å². The van der Waals surface area contributed by atoms with Gasteiger partial charge >= 0.3 is 0 Å². The summed E-state index contributed by atoms with van der Waals surface area (Å²) in [5.41, 5.74) is 0.725. The molecule has 2 aromatic carbocycles. The fourth-order valence-electron chi connectivity index (χ4n) is 3.29. The summed E-state index contributed by atoms with van der Waals surface area (Å²) in [4.78, 5) is 28.9. The zero-order valence-corrected chi connectivity index (χ0v) is 15.8. The maximum Gasteiger partial charge on any atom is 0.295 e. The number of para-hydroxylation sites is 1. The predicted molar refractivity (Wildman–Crippen MR) is 107 cm³/mol. The molecule has 0 amide bonds. The van der Waals surface area contributed by atoms with Crippen molar-refractivity contribution in [1.82, 2.24) is 14.0 Å². The molecule has 0 aliphatic carbocycles. The Morgan fingerprint density at radius 1 is 1.29 bits per heavy atom. The van der Waals surface area contributed by atoms with Crippen LogP contribution >= 0.6 is 11.6 Å². The van der Waals surface area contributed by atoms with Gasteiger partial charge in [-0.25, -0.2) is 9.38 Å². The lowest BCUT2D eigenvalue weighted by molar-refractivity contribution is -0.383. The Balaban J connectivity index is 2.09. The van der Waals surface area contributed by atoms with Gasteiger partial charge in [-0.2, -0.15) is 0 Å². The summed E-state index contributed by atoms with van der Waals surface area (Å²) >= 11 is 6.06. The molecule has 4 rings (SSSR count). The van der Waals surface area contributed by atoms with Crippen LogP contribution in [0.1, 0.15) is 19.8 Å². The van der Waals surface area contributed by atoms with E-state index >= 15 is 0 Å². The van der Waals surface area contributed by atoms with Crippen LogP contribution in [0.25, 0.3) is 27.7 Å². The molecule has 2 aromatic heterocycles. The third kappa shape index (κ3) is 2.90. The number of benzene rings is 2. The van der Waals surface area contributed by atoms with E-state index in [0.29, 0.717) is 33.6 Å². The molecule has 0 N–H and O–H groups in total. The minimum atomic E-state index is -0.467. The zero-order valence-electron chi connectivity index (χ0n) is 15.1. The second kappa shape index (κ2) is 7.21. The highest BCUT2D eigenvalue weighted by Crippen LogP contribution is 2.29. The van der Waals surface area contributed by atoms with Crippen molar-refractivity contribution in [2.45, 2.75) is 26.5 Å². The maximum atomic E-state index is 13.1. The van der Waals surface area contributed by atoms with Crippen molar-refractivity contribution in [3.8, 4) is 0 Å². The molecule has 0 saturated heterocycles. The Hall–Kier alpha value is -2.97. The predicted octanol–water partition coefficient (Wildman–Crippen LogP) is 4.14. The number of unbranched alkanes of at least 4 members (excludes halogenated alkanes) is 1. The second-order valence-corrected chi connectivity index (χ2v) is 6.87. The van der Waals surface area contributed by atoms with E-state index in [0.717, 1.165) is 12.8 Å². The Labute approximate surface area is 164 Å². The number of nitro benzene ring substituents is 1. The molecule has 0 fully saturated rings. The summed E-state index contributed by atoms with van der Waals surface area (Å²) in [6.07, 6.45) is 1.83. The van der Waals surface area contributed by atoms with Gasteiger partial charge in [0.15, 0.2) is 0 Å². The first-order valence-corrected chi connectivity index (χ1v) is 9.26. The lowest BCUT2D eigenvalue weighted by Crippen LogP contribution is -2.15. The van der Waals surface area contributed by atoms with Gasteiger partial charge in [-0.1, -0.05) is 31.0 Å². The van der Waals surface area contributed by atoms with Gasteiger partial charge < -0.3 is 4.74 Å². The van der Waals surface area contributed by atoms with Gasteiger partial charge in [-0.05, 0) is 30.7 Å². The van der Waals surface area contributed by atoms with Crippen molar-refractivity contribution in [2.24, 2.45) is 0 Å². The number of nitro groups is 1. The summed E-state index contributed by atoms with van der Waals surface area (Å²) in [7, 11) is 0. The zero-order chi connectivity index (χ0) is 19.8. The third-order valence-corrected chi connectivity index (χ3v) is 4.85. The molecular formula is C19H17ClN4O4. The van der Waals surface area contributed by atoms with Crippen LogP contribution in [0.5, 0.6) is 0 Å². The quantitative estimate of drug-likeness (QED) is 0.275. The van der Waals surface area contributed by atoms with E-state index < -0.39 is 4.92 Å². The molecule has 144 valence electrons. The molecule has 0 aliphatic heterocycles. The van der Waals surface area contributed by atoms with Crippen LogP contribution < -0.4 is 5.56 Å². The molecular weight excluding hydrogens is 384 g/mol. The summed E-state index contributed by atoms with van der Waals surface area (Å²) in [5.74, 6) is 0.278. The van der Waals surface area contributed by atoms with Crippen LogP contribution in [0.15, 0.2) is 41.2 Å². The van der Waals surface area contributed by atoms with Gasteiger partial charge in [-0.3, -0.25) is 19.5 Å². The summed E-state index contributed by atoms with van der Waals surface area (Å²) in [6.45, 7) is 2.61. The normalized spacial score (nSPS) is 11.6. The van der Waals surface area contributed by atoms with Crippen LogP contribution in [0.2, 0.25) is 5.02 Å². The van der Waals surface area contributed by atoms with Crippen molar-refractivity contribution < 1.29 is 9.66 Å². The third-order valence-electron chi connectivity index (χ3n) is 4.62. The Morgan fingerprint density at radius 3 is 2.86 bits per heavy atom. The topological polar surface area (TPSA) is 91.7 Å². The minimum Gasteiger partial charge on any atom is -0.361 e. The summed E-state index contributed by atoms with van der Waals surface area (Å²) in [5, 5.41) is 12.5.